The zero-order valence-corrected chi connectivity index (χ0v) is 16.5. The van der Waals surface area contributed by atoms with Crippen LogP contribution in [-0.2, 0) is 23.9 Å². The van der Waals surface area contributed by atoms with E-state index in [9.17, 15) is 14.4 Å². The fraction of sp³-hybridized carbons (Fsp3) is 0.292. The molecule has 0 aromatic heterocycles. The quantitative estimate of drug-likeness (QED) is 0.769. The van der Waals surface area contributed by atoms with E-state index >= 15 is 0 Å². The molecule has 2 aromatic carbocycles. The maximum Gasteiger partial charge on any atom is 0.353 e. The summed E-state index contributed by atoms with van der Waals surface area (Å²) in [6.07, 6.45) is 3.33. The van der Waals surface area contributed by atoms with E-state index < -0.39 is 29.6 Å². The second-order valence-electron chi connectivity index (χ2n) is 7.70. The normalized spacial score (nSPS) is 20.2. The number of primary amides is 1. The molecule has 2 aromatic rings. The van der Waals surface area contributed by atoms with Gasteiger partial charge in [-0.3, -0.25) is 4.79 Å². The van der Waals surface area contributed by atoms with Gasteiger partial charge in [0, 0.05) is 11.6 Å². The van der Waals surface area contributed by atoms with Crippen LogP contribution in [-0.4, -0.2) is 29.6 Å². The number of ether oxygens (including phenoxy) is 2. The third-order valence-corrected chi connectivity index (χ3v) is 5.74. The summed E-state index contributed by atoms with van der Waals surface area (Å²) in [5.74, 6) is -2.03. The highest BCUT2D eigenvalue weighted by atomic mass is 16.6. The minimum absolute atomic E-state index is 0.388. The summed E-state index contributed by atoms with van der Waals surface area (Å²) in [5, 5.41) is 0. The van der Waals surface area contributed by atoms with E-state index in [-0.39, 0.29) is 0 Å². The topological polar surface area (TPSA) is 95.7 Å². The van der Waals surface area contributed by atoms with Gasteiger partial charge in [0.25, 0.3) is 5.91 Å². The maximum atomic E-state index is 12.9. The SMILES string of the molecule is NC(=O)C1(OC(=O)C2OC(=O)C=C2c2ccc(-c3ccccc3)cc2)CCCCC1. The second kappa shape index (κ2) is 8.14. The van der Waals surface area contributed by atoms with Crippen molar-refractivity contribution in [3.63, 3.8) is 0 Å². The van der Waals surface area contributed by atoms with Crippen LogP contribution in [0.5, 0.6) is 0 Å². The van der Waals surface area contributed by atoms with Crippen LogP contribution in [0.1, 0.15) is 37.7 Å². The number of amides is 1. The molecule has 2 N–H and O–H groups in total. The fourth-order valence-electron chi connectivity index (χ4n) is 4.08. The van der Waals surface area contributed by atoms with Crippen LogP contribution >= 0.6 is 0 Å². The third kappa shape index (κ3) is 3.85. The first-order chi connectivity index (χ1) is 14.5. The summed E-state index contributed by atoms with van der Waals surface area (Å²) in [5.41, 5.74) is 7.40. The molecule has 1 fully saturated rings. The van der Waals surface area contributed by atoms with Crippen LogP contribution < -0.4 is 5.73 Å². The fourth-order valence-corrected chi connectivity index (χ4v) is 4.08. The zero-order chi connectivity index (χ0) is 21.1. The lowest BCUT2D eigenvalue weighted by molar-refractivity contribution is -0.179. The molecule has 1 saturated carbocycles. The molecule has 0 spiro atoms. The standard InChI is InChI=1S/C24H23NO5/c25-23(28)24(13-5-2-6-14-24)30-22(27)21-19(15-20(26)29-21)18-11-9-17(10-12-18)16-7-3-1-4-8-16/h1,3-4,7-12,15,21H,2,5-6,13-14H2,(H2,25,28). The molecule has 0 radical (unpaired) electrons. The van der Waals surface area contributed by atoms with Gasteiger partial charge >= 0.3 is 11.9 Å². The van der Waals surface area contributed by atoms with Crippen molar-refractivity contribution in [1.82, 2.24) is 0 Å². The van der Waals surface area contributed by atoms with E-state index in [0.717, 1.165) is 30.4 Å². The average molecular weight is 405 g/mol. The Morgan fingerprint density at radius 3 is 2.13 bits per heavy atom. The molecule has 1 amide bonds. The van der Waals surface area contributed by atoms with Gasteiger partial charge in [0.1, 0.15) is 0 Å². The monoisotopic (exact) mass is 405 g/mol. The van der Waals surface area contributed by atoms with E-state index in [1.807, 2.05) is 54.6 Å². The minimum Gasteiger partial charge on any atom is -0.446 e. The molecule has 4 rings (SSSR count). The molecular weight excluding hydrogens is 382 g/mol. The number of nitrogens with two attached hydrogens (primary N) is 1. The predicted molar refractivity (Wildman–Crippen MR) is 111 cm³/mol. The van der Waals surface area contributed by atoms with Gasteiger partial charge in [-0.05, 0) is 42.4 Å². The molecule has 1 aliphatic carbocycles. The van der Waals surface area contributed by atoms with Gasteiger partial charge in [-0.1, -0.05) is 61.0 Å². The van der Waals surface area contributed by atoms with E-state index in [2.05, 4.69) is 0 Å². The Morgan fingerprint density at radius 2 is 1.50 bits per heavy atom. The minimum atomic E-state index is -1.33. The highest BCUT2D eigenvalue weighted by molar-refractivity contribution is 6.06. The summed E-state index contributed by atoms with van der Waals surface area (Å²) < 4.78 is 10.8. The molecule has 0 saturated heterocycles. The Morgan fingerprint density at radius 1 is 0.900 bits per heavy atom. The summed E-state index contributed by atoms with van der Waals surface area (Å²) in [6.45, 7) is 0. The maximum absolute atomic E-state index is 12.9. The molecule has 1 atom stereocenters. The first-order valence-corrected chi connectivity index (χ1v) is 10.1. The molecular formula is C24H23NO5. The molecule has 1 unspecified atom stereocenters. The Labute approximate surface area is 174 Å². The van der Waals surface area contributed by atoms with Crippen molar-refractivity contribution < 1.29 is 23.9 Å². The summed E-state index contributed by atoms with van der Waals surface area (Å²) >= 11 is 0. The average Bonchev–Trinajstić information content (AvgIpc) is 3.17. The number of rotatable bonds is 5. The van der Waals surface area contributed by atoms with Crippen molar-refractivity contribution in [2.45, 2.75) is 43.8 Å². The van der Waals surface area contributed by atoms with Crippen molar-refractivity contribution >= 4 is 23.4 Å². The van der Waals surface area contributed by atoms with Crippen molar-refractivity contribution in [1.29, 1.82) is 0 Å². The third-order valence-electron chi connectivity index (χ3n) is 5.74. The molecule has 6 nitrogen and oxygen atoms in total. The van der Waals surface area contributed by atoms with Crippen molar-refractivity contribution in [3.8, 4) is 11.1 Å². The van der Waals surface area contributed by atoms with Gasteiger partial charge in [0.2, 0.25) is 6.10 Å². The van der Waals surface area contributed by atoms with Gasteiger partial charge in [-0.15, -0.1) is 0 Å². The van der Waals surface area contributed by atoms with Crippen molar-refractivity contribution in [2.75, 3.05) is 0 Å². The highest BCUT2D eigenvalue weighted by Gasteiger charge is 2.45. The van der Waals surface area contributed by atoms with Crippen LogP contribution in [0.15, 0.2) is 60.7 Å². The smallest absolute Gasteiger partial charge is 0.353 e. The van der Waals surface area contributed by atoms with Gasteiger partial charge in [0.15, 0.2) is 5.60 Å². The lowest BCUT2D eigenvalue weighted by Crippen LogP contribution is -2.50. The van der Waals surface area contributed by atoms with Crippen molar-refractivity contribution in [3.05, 3.63) is 66.2 Å². The first-order valence-electron chi connectivity index (χ1n) is 10.1. The Hall–Kier alpha value is -3.41. The number of carbonyl (C=O) groups is 3. The first kappa shape index (κ1) is 19.9. The molecule has 154 valence electrons. The molecule has 2 aliphatic rings. The summed E-state index contributed by atoms with van der Waals surface area (Å²) in [6, 6.07) is 17.4. The molecule has 1 heterocycles. The van der Waals surface area contributed by atoms with E-state index in [1.54, 1.807) is 0 Å². The number of carbonyl (C=O) groups excluding carboxylic acids is 3. The lowest BCUT2D eigenvalue weighted by Gasteiger charge is -2.34. The van der Waals surface area contributed by atoms with E-state index in [0.29, 0.717) is 24.0 Å². The molecule has 0 bridgehead atoms. The second-order valence-corrected chi connectivity index (χ2v) is 7.70. The van der Waals surface area contributed by atoms with Crippen LogP contribution in [0.4, 0.5) is 0 Å². The van der Waals surface area contributed by atoms with Crippen molar-refractivity contribution in [2.24, 2.45) is 5.73 Å². The largest absolute Gasteiger partial charge is 0.446 e. The predicted octanol–water partition coefficient (Wildman–Crippen LogP) is 3.39. The number of esters is 2. The van der Waals surface area contributed by atoms with Crippen LogP contribution in [0, 0.1) is 0 Å². The van der Waals surface area contributed by atoms with Crippen LogP contribution in [0.25, 0.3) is 16.7 Å². The lowest BCUT2D eigenvalue weighted by atomic mass is 9.84. The molecule has 30 heavy (non-hydrogen) atoms. The highest BCUT2D eigenvalue weighted by Crippen LogP contribution is 2.35. The summed E-state index contributed by atoms with van der Waals surface area (Å²) in [4.78, 5) is 36.9. The number of benzene rings is 2. The van der Waals surface area contributed by atoms with Gasteiger partial charge in [-0.25, -0.2) is 9.59 Å². The molecule has 6 heteroatoms. The molecule has 1 aliphatic heterocycles. The van der Waals surface area contributed by atoms with Crippen LogP contribution in [0.3, 0.4) is 0 Å². The Kier molecular flexibility index (Phi) is 5.40. The number of hydrogen-bond donors (Lipinski definition) is 1. The van der Waals surface area contributed by atoms with E-state index in [4.69, 9.17) is 15.2 Å². The van der Waals surface area contributed by atoms with Gasteiger partial charge in [-0.2, -0.15) is 0 Å². The zero-order valence-electron chi connectivity index (χ0n) is 16.5. The van der Waals surface area contributed by atoms with Gasteiger partial charge in [0.05, 0.1) is 0 Å². The van der Waals surface area contributed by atoms with Gasteiger partial charge < -0.3 is 15.2 Å². The number of cyclic esters (lactones) is 1. The summed E-state index contributed by atoms with van der Waals surface area (Å²) in [7, 11) is 0. The number of hydrogen-bond acceptors (Lipinski definition) is 5. The van der Waals surface area contributed by atoms with Crippen LogP contribution in [0.2, 0.25) is 0 Å². The Bertz CT molecular complexity index is 988. The van der Waals surface area contributed by atoms with E-state index in [1.165, 1.54) is 6.08 Å². The Balaban J connectivity index is 1.56.